The lowest BCUT2D eigenvalue weighted by atomic mass is 10.4. The highest BCUT2D eigenvalue weighted by Gasteiger charge is 2.23. The second-order valence-corrected chi connectivity index (χ2v) is 4.37. The van der Waals surface area contributed by atoms with Crippen molar-refractivity contribution in [2.75, 3.05) is 26.7 Å². The third kappa shape index (κ3) is 2.40. The van der Waals surface area contributed by atoms with E-state index in [9.17, 15) is 9.59 Å². The summed E-state index contributed by atoms with van der Waals surface area (Å²) < 4.78 is 0. The first-order valence-electron chi connectivity index (χ1n) is 5.76. The van der Waals surface area contributed by atoms with Crippen LogP contribution in [-0.2, 0) is 9.59 Å². The molecule has 5 nitrogen and oxygen atoms in total. The molecule has 0 radical (unpaired) electrons. The van der Waals surface area contributed by atoms with Crippen molar-refractivity contribution in [3.63, 3.8) is 0 Å². The van der Waals surface area contributed by atoms with Gasteiger partial charge in [-0.1, -0.05) is 0 Å². The van der Waals surface area contributed by atoms with Gasteiger partial charge in [-0.3, -0.25) is 9.59 Å². The molecule has 2 amide bonds. The van der Waals surface area contributed by atoms with Crippen LogP contribution in [0.3, 0.4) is 0 Å². The van der Waals surface area contributed by atoms with Crippen molar-refractivity contribution in [1.29, 1.82) is 0 Å². The number of hydrogen-bond donors (Lipinski definition) is 0. The lowest BCUT2D eigenvalue weighted by Crippen LogP contribution is -2.31. The molecule has 2 aliphatic rings. The molecule has 0 atom stereocenters. The van der Waals surface area contributed by atoms with E-state index in [-0.39, 0.29) is 18.4 Å². The van der Waals surface area contributed by atoms with E-state index in [1.54, 1.807) is 4.90 Å². The number of rotatable bonds is 2. The van der Waals surface area contributed by atoms with E-state index in [2.05, 4.69) is 4.99 Å². The SMILES string of the molecule is CN1CCCC1=NC(=O)CN1CCCC1=O. The Morgan fingerprint density at radius 3 is 2.62 bits per heavy atom. The van der Waals surface area contributed by atoms with Gasteiger partial charge in [0, 0.05) is 33.0 Å². The number of nitrogens with zero attached hydrogens (tertiary/aromatic N) is 3. The Balaban J connectivity index is 1.90. The number of amidine groups is 1. The number of likely N-dealkylation sites (tertiary alicyclic amines) is 2. The number of carbonyl (C=O) groups excluding carboxylic acids is 2. The van der Waals surface area contributed by atoms with Crippen LogP contribution in [0.4, 0.5) is 0 Å². The summed E-state index contributed by atoms with van der Waals surface area (Å²) >= 11 is 0. The second kappa shape index (κ2) is 4.63. The monoisotopic (exact) mass is 223 g/mol. The minimum Gasteiger partial charge on any atom is -0.363 e. The summed E-state index contributed by atoms with van der Waals surface area (Å²) in [6, 6.07) is 0. The molecule has 16 heavy (non-hydrogen) atoms. The van der Waals surface area contributed by atoms with Crippen LogP contribution >= 0.6 is 0 Å². The zero-order valence-electron chi connectivity index (χ0n) is 9.61. The van der Waals surface area contributed by atoms with E-state index >= 15 is 0 Å². The maximum atomic E-state index is 11.6. The van der Waals surface area contributed by atoms with Crippen molar-refractivity contribution in [2.45, 2.75) is 25.7 Å². The van der Waals surface area contributed by atoms with Gasteiger partial charge in [-0.25, -0.2) is 0 Å². The quantitative estimate of drug-likeness (QED) is 0.674. The van der Waals surface area contributed by atoms with Crippen molar-refractivity contribution < 1.29 is 9.59 Å². The lowest BCUT2D eigenvalue weighted by molar-refractivity contribution is -0.131. The molecular formula is C11H17N3O2. The van der Waals surface area contributed by atoms with Crippen LogP contribution in [0.2, 0.25) is 0 Å². The van der Waals surface area contributed by atoms with Crippen molar-refractivity contribution in [3.8, 4) is 0 Å². The first kappa shape index (κ1) is 11.1. The van der Waals surface area contributed by atoms with Crippen LogP contribution in [0.5, 0.6) is 0 Å². The molecule has 2 saturated heterocycles. The zero-order valence-corrected chi connectivity index (χ0v) is 9.61. The van der Waals surface area contributed by atoms with Gasteiger partial charge in [-0.05, 0) is 12.8 Å². The molecule has 2 heterocycles. The Hall–Kier alpha value is -1.39. The highest BCUT2D eigenvalue weighted by molar-refractivity contribution is 5.97. The molecule has 0 N–H and O–H groups in total. The number of hydrogen-bond acceptors (Lipinski definition) is 2. The van der Waals surface area contributed by atoms with Gasteiger partial charge >= 0.3 is 0 Å². The normalized spacial score (nSPS) is 23.6. The molecule has 0 aliphatic carbocycles. The summed E-state index contributed by atoms with van der Waals surface area (Å²) in [5, 5.41) is 0. The fraction of sp³-hybridized carbons (Fsp3) is 0.727. The van der Waals surface area contributed by atoms with Crippen molar-refractivity contribution in [2.24, 2.45) is 4.99 Å². The fourth-order valence-corrected chi connectivity index (χ4v) is 2.15. The Morgan fingerprint density at radius 1 is 1.31 bits per heavy atom. The third-order valence-electron chi connectivity index (χ3n) is 3.09. The standard InChI is InChI=1S/C11H17N3O2/c1-13-6-2-4-9(13)12-10(15)8-14-7-3-5-11(14)16/h2-8H2,1H3. The molecule has 2 aliphatic heterocycles. The molecule has 0 unspecified atom stereocenters. The van der Waals surface area contributed by atoms with E-state index in [4.69, 9.17) is 0 Å². The largest absolute Gasteiger partial charge is 0.363 e. The van der Waals surface area contributed by atoms with Gasteiger partial charge in [-0.15, -0.1) is 0 Å². The summed E-state index contributed by atoms with van der Waals surface area (Å²) in [6.07, 6.45) is 3.37. The van der Waals surface area contributed by atoms with Crippen LogP contribution < -0.4 is 0 Å². The molecule has 0 saturated carbocycles. The highest BCUT2D eigenvalue weighted by atomic mass is 16.2. The van der Waals surface area contributed by atoms with Gasteiger partial charge in [0.05, 0.1) is 0 Å². The fourth-order valence-electron chi connectivity index (χ4n) is 2.15. The minimum absolute atomic E-state index is 0.0772. The first-order chi connectivity index (χ1) is 7.66. The Bertz CT molecular complexity index is 338. The van der Waals surface area contributed by atoms with Gasteiger partial charge in [-0.2, -0.15) is 4.99 Å². The third-order valence-corrected chi connectivity index (χ3v) is 3.09. The molecule has 88 valence electrons. The Morgan fingerprint density at radius 2 is 2.06 bits per heavy atom. The van der Waals surface area contributed by atoms with E-state index < -0.39 is 0 Å². The van der Waals surface area contributed by atoms with Crippen molar-refractivity contribution in [1.82, 2.24) is 9.80 Å². The lowest BCUT2D eigenvalue weighted by Gasteiger charge is -2.14. The molecule has 0 aromatic heterocycles. The first-order valence-corrected chi connectivity index (χ1v) is 5.76. The summed E-state index contributed by atoms with van der Waals surface area (Å²) in [7, 11) is 1.94. The molecule has 0 spiro atoms. The number of amides is 2. The summed E-state index contributed by atoms with van der Waals surface area (Å²) in [5.41, 5.74) is 0. The maximum absolute atomic E-state index is 11.6. The molecule has 2 fully saturated rings. The average molecular weight is 223 g/mol. The predicted octanol–water partition coefficient (Wildman–Crippen LogP) is 0.259. The van der Waals surface area contributed by atoms with E-state index in [0.29, 0.717) is 13.0 Å². The number of carbonyl (C=O) groups is 2. The Labute approximate surface area is 95.1 Å². The van der Waals surface area contributed by atoms with E-state index in [1.165, 1.54) is 0 Å². The molecule has 5 heteroatoms. The predicted molar refractivity (Wildman–Crippen MR) is 60.1 cm³/mol. The van der Waals surface area contributed by atoms with Gasteiger partial charge in [0.1, 0.15) is 12.4 Å². The van der Waals surface area contributed by atoms with Crippen LogP contribution in [0, 0.1) is 0 Å². The van der Waals surface area contributed by atoms with Crippen LogP contribution in [0.25, 0.3) is 0 Å². The molecule has 0 bridgehead atoms. The summed E-state index contributed by atoms with van der Waals surface area (Å²) in [5.74, 6) is 0.740. The van der Waals surface area contributed by atoms with Crippen molar-refractivity contribution in [3.05, 3.63) is 0 Å². The van der Waals surface area contributed by atoms with Gasteiger partial charge < -0.3 is 9.80 Å². The molecule has 2 rings (SSSR count). The zero-order chi connectivity index (χ0) is 11.5. The molecule has 0 aromatic carbocycles. The second-order valence-electron chi connectivity index (χ2n) is 4.37. The average Bonchev–Trinajstić information content (AvgIpc) is 2.79. The number of aliphatic imine (C=N–C) groups is 1. The Kier molecular flexibility index (Phi) is 3.22. The van der Waals surface area contributed by atoms with Gasteiger partial charge in [0.25, 0.3) is 5.91 Å². The van der Waals surface area contributed by atoms with Gasteiger partial charge in [0.15, 0.2) is 0 Å². The van der Waals surface area contributed by atoms with Gasteiger partial charge in [0.2, 0.25) is 5.91 Å². The van der Waals surface area contributed by atoms with Crippen LogP contribution in [0.15, 0.2) is 4.99 Å². The summed E-state index contributed by atoms with van der Waals surface area (Å²) in [6.45, 7) is 1.82. The van der Waals surface area contributed by atoms with E-state index in [1.807, 2.05) is 11.9 Å². The molecular weight excluding hydrogens is 206 g/mol. The van der Waals surface area contributed by atoms with Crippen LogP contribution in [0.1, 0.15) is 25.7 Å². The molecule has 0 aromatic rings. The van der Waals surface area contributed by atoms with Crippen molar-refractivity contribution >= 4 is 17.6 Å². The maximum Gasteiger partial charge on any atom is 0.266 e. The smallest absolute Gasteiger partial charge is 0.266 e. The summed E-state index contributed by atoms with van der Waals surface area (Å²) in [4.78, 5) is 30.6. The highest BCUT2D eigenvalue weighted by Crippen LogP contribution is 2.11. The van der Waals surface area contributed by atoms with Crippen LogP contribution in [-0.4, -0.2) is 54.1 Å². The topological polar surface area (TPSA) is 53.0 Å². The van der Waals surface area contributed by atoms with E-state index in [0.717, 1.165) is 31.6 Å². The minimum atomic E-state index is -0.195.